The Kier molecular flexibility index (Phi) is 6.77. The number of carbonyl (C=O) groups excluding carboxylic acids is 1. The second-order valence-electron chi connectivity index (χ2n) is 7.79. The molecule has 1 heterocycles. The van der Waals surface area contributed by atoms with Crippen LogP contribution in [0.1, 0.15) is 16.7 Å². The van der Waals surface area contributed by atoms with Crippen molar-refractivity contribution < 1.29 is 23.5 Å². The Morgan fingerprint density at radius 3 is 2.44 bits per heavy atom. The van der Waals surface area contributed by atoms with E-state index in [1.165, 1.54) is 0 Å². The zero-order valence-electron chi connectivity index (χ0n) is 19.2. The fraction of sp³-hybridized carbons (Fsp3) is 0.192. The highest BCUT2D eigenvalue weighted by molar-refractivity contribution is 5.75. The maximum atomic E-state index is 10.9. The predicted molar refractivity (Wildman–Crippen MR) is 127 cm³/mol. The molecule has 2 N–H and O–H groups in total. The molecular formula is C26H25N3O5. The average Bonchev–Trinajstić information content (AvgIpc) is 3.34. The number of aromatic nitrogens is 2. The number of amides is 1. The van der Waals surface area contributed by atoms with Crippen molar-refractivity contribution in [1.29, 1.82) is 0 Å². The molecular weight excluding hydrogens is 434 g/mol. The highest BCUT2D eigenvalue weighted by Crippen LogP contribution is 2.29. The number of hydrogen-bond acceptors (Lipinski definition) is 7. The topological polar surface area (TPSA) is 110 Å². The first-order chi connectivity index (χ1) is 16.4. The Bertz CT molecular complexity index is 1300. The SMILES string of the molecule is COc1ccc(-c2nc(-c3ccc(OCC(N)=O)cc3)no2)cc1COc1cc(C)ccc1C. The molecule has 174 valence electrons. The summed E-state index contributed by atoms with van der Waals surface area (Å²) in [6.07, 6.45) is 0. The van der Waals surface area contributed by atoms with Crippen LogP contribution in [0.5, 0.6) is 17.2 Å². The summed E-state index contributed by atoms with van der Waals surface area (Å²) < 4.78 is 22.4. The van der Waals surface area contributed by atoms with Crippen LogP contribution in [0.25, 0.3) is 22.8 Å². The first-order valence-electron chi connectivity index (χ1n) is 10.7. The van der Waals surface area contributed by atoms with Gasteiger partial charge in [-0.3, -0.25) is 4.79 Å². The van der Waals surface area contributed by atoms with E-state index in [4.69, 9.17) is 24.5 Å². The van der Waals surface area contributed by atoms with E-state index < -0.39 is 5.91 Å². The molecule has 0 unspecified atom stereocenters. The van der Waals surface area contributed by atoms with Gasteiger partial charge in [0, 0.05) is 16.7 Å². The van der Waals surface area contributed by atoms with Gasteiger partial charge in [0.05, 0.1) is 7.11 Å². The van der Waals surface area contributed by atoms with Crippen LogP contribution >= 0.6 is 0 Å². The molecule has 8 nitrogen and oxygen atoms in total. The first kappa shape index (κ1) is 22.8. The van der Waals surface area contributed by atoms with Crippen LogP contribution in [0.4, 0.5) is 0 Å². The van der Waals surface area contributed by atoms with Crippen LogP contribution in [0.15, 0.2) is 65.2 Å². The fourth-order valence-electron chi connectivity index (χ4n) is 3.36. The Morgan fingerprint density at radius 1 is 0.941 bits per heavy atom. The third-order valence-electron chi connectivity index (χ3n) is 5.17. The molecule has 8 heteroatoms. The molecule has 0 atom stereocenters. The van der Waals surface area contributed by atoms with Crippen LogP contribution in [-0.2, 0) is 11.4 Å². The van der Waals surface area contributed by atoms with Crippen LogP contribution < -0.4 is 19.9 Å². The molecule has 3 aromatic carbocycles. The van der Waals surface area contributed by atoms with Crippen molar-refractivity contribution in [2.75, 3.05) is 13.7 Å². The van der Waals surface area contributed by atoms with E-state index in [9.17, 15) is 4.79 Å². The van der Waals surface area contributed by atoms with Gasteiger partial charge in [-0.25, -0.2) is 0 Å². The molecule has 0 bridgehead atoms. The van der Waals surface area contributed by atoms with Crippen LogP contribution in [0.3, 0.4) is 0 Å². The van der Waals surface area contributed by atoms with Crippen LogP contribution in [0, 0.1) is 13.8 Å². The maximum absolute atomic E-state index is 10.9. The molecule has 1 aromatic heterocycles. The average molecular weight is 460 g/mol. The highest BCUT2D eigenvalue weighted by atomic mass is 16.5. The molecule has 0 radical (unpaired) electrons. The number of methoxy groups -OCH3 is 1. The summed E-state index contributed by atoms with van der Waals surface area (Å²) in [4.78, 5) is 15.4. The van der Waals surface area contributed by atoms with Gasteiger partial charge in [0.15, 0.2) is 6.61 Å². The third-order valence-corrected chi connectivity index (χ3v) is 5.17. The Labute approximate surface area is 197 Å². The van der Waals surface area contributed by atoms with E-state index >= 15 is 0 Å². The summed E-state index contributed by atoms with van der Waals surface area (Å²) in [7, 11) is 1.62. The maximum Gasteiger partial charge on any atom is 0.258 e. The largest absolute Gasteiger partial charge is 0.496 e. The van der Waals surface area contributed by atoms with Gasteiger partial charge in [0.25, 0.3) is 11.8 Å². The van der Waals surface area contributed by atoms with Crippen molar-refractivity contribution in [1.82, 2.24) is 10.1 Å². The van der Waals surface area contributed by atoms with Crippen molar-refractivity contribution in [3.63, 3.8) is 0 Å². The number of aryl methyl sites for hydroxylation is 2. The van der Waals surface area contributed by atoms with Crippen molar-refractivity contribution in [2.45, 2.75) is 20.5 Å². The van der Waals surface area contributed by atoms with Crippen molar-refractivity contribution in [3.8, 4) is 40.1 Å². The number of primary amides is 1. The fourth-order valence-corrected chi connectivity index (χ4v) is 3.36. The van der Waals surface area contributed by atoms with E-state index in [2.05, 4.69) is 16.2 Å². The highest BCUT2D eigenvalue weighted by Gasteiger charge is 2.14. The first-order valence-corrected chi connectivity index (χ1v) is 10.7. The number of ether oxygens (including phenoxy) is 3. The zero-order chi connectivity index (χ0) is 24.1. The van der Waals surface area contributed by atoms with Gasteiger partial charge < -0.3 is 24.5 Å². The minimum absolute atomic E-state index is 0.182. The molecule has 0 aliphatic carbocycles. The Morgan fingerprint density at radius 2 is 1.71 bits per heavy atom. The van der Waals surface area contributed by atoms with Crippen LogP contribution in [0.2, 0.25) is 0 Å². The second kappa shape index (κ2) is 10.1. The summed E-state index contributed by atoms with van der Waals surface area (Å²) in [6, 6.07) is 18.7. The number of benzene rings is 3. The molecule has 0 fully saturated rings. The molecule has 0 aliphatic rings. The van der Waals surface area contributed by atoms with Crippen molar-refractivity contribution in [3.05, 3.63) is 77.4 Å². The molecule has 0 saturated heterocycles. The van der Waals surface area contributed by atoms with Gasteiger partial charge in [-0.2, -0.15) is 4.98 Å². The lowest BCUT2D eigenvalue weighted by Crippen LogP contribution is -2.19. The molecule has 34 heavy (non-hydrogen) atoms. The second-order valence-corrected chi connectivity index (χ2v) is 7.79. The van der Waals surface area contributed by atoms with E-state index in [1.807, 2.05) is 44.2 Å². The standard InChI is InChI=1S/C26H25N3O5/c1-16-4-5-17(2)23(12-16)33-14-20-13-19(8-11-22(20)31-3)26-28-25(29-34-26)18-6-9-21(10-7-18)32-15-24(27)30/h4-13H,14-15H2,1-3H3,(H2,27,30). The van der Waals surface area contributed by atoms with E-state index in [0.29, 0.717) is 29.8 Å². The monoisotopic (exact) mass is 459 g/mol. The van der Waals surface area contributed by atoms with Crippen LogP contribution in [-0.4, -0.2) is 29.8 Å². The van der Waals surface area contributed by atoms with E-state index in [0.717, 1.165) is 33.6 Å². The summed E-state index contributed by atoms with van der Waals surface area (Å²) in [5, 5.41) is 4.09. The molecule has 4 rings (SSSR count). The molecule has 4 aromatic rings. The van der Waals surface area contributed by atoms with E-state index in [1.54, 1.807) is 31.4 Å². The number of hydrogen-bond donors (Lipinski definition) is 1. The lowest BCUT2D eigenvalue weighted by Gasteiger charge is -2.13. The number of carbonyl (C=O) groups is 1. The van der Waals surface area contributed by atoms with Gasteiger partial charge in [-0.05, 0) is 73.5 Å². The number of rotatable bonds is 9. The van der Waals surface area contributed by atoms with Crippen molar-refractivity contribution >= 4 is 5.91 Å². The molecule has 0 aliphatic heterocycles. The van der Waals surface area contributed by atoms with E-state index in [-0.39, 0.29) is 6.61 Å². The van der Waals surface area contributed by atoms with Gasteiger partial charge in [0.1, 0.15) is 23.9 Å². The minimum Gasteiger partial charge on any atom is -0.496 e. The number of nitrogens with zero attached hydrogens (tertiary/aromatic N) is 2. The molecule has 1 amide bonds. The van der Waals surface area contributed by atoms with Gasteiger partial charge in [-0.15, -0.1) is 0 Å². The predicted octanol–water partition coefficient (Wildman–Crippen LogP) is 4.47. The quantitative estimate of drug-likeness (QED) is 0.393. The van der Waals surface area contributed by atoms with Gasteiger partial charge >= 0.3 is 0 Å². The zero-order valence-corrected chi connectivity index (χ0v) is 19.2. The lowest BCUT2D eigenvalue weighted by atomic mass is 10.1. The summed E-state index contributed by atoms with van der Waals surface area (Å²) in [5.41, 5.74) is 9.64. The summed E-state index contributed by atoms with van der Waals surface area (Å²) in [5.74, 6) is 2.33. The van der Waals surface area contributed by atoms with Gasteiger partial charge in [0.2, 0.25) is 5.82 Å². The Hall–Kier alpha value is -4.33. The van der Waals surface area contributed by atoms with Gasteiger partial charge in [-0.1, -0.05) is 17.3 Å². The number of nitrogens with two attached hydrogens (primary N) is 1. The molecule has 0 saturated carbocycles. The lowest BCUT2D eigenvalue weighted by molar-refractivity contribution is -0.119. The summed E-state index contributed by atoms with van der Waals surface area (Å²) >= 11 is 0. The Balaban J connectivity index is 1.52. The normalized spacial score (nSPS) is 10.7. The smallest absolute Gasteiger partial charge is 0.258 e. The van der Waals surface area contributed by atoms with Crippen molar-refractivity contribution in [2.24, 2.45) is 5.73 Å². The summed E-state index contributed by atoms with van der Waals surface area (Å²) in [6.45, 7) is 4.19. The molecule has 0 spiro atoms. The minimum atomic E-state index is -0.537. The third kappa shape index (κ3) is 5.35.